The van der Waals surface area contributed by atoms with Gasteiger partial charge in [0.05, 0.1) is 18.8 Å². The molecule has 0 fully saturated rings. The van der Waals surface area contributed by atoms with Crippen molar-refractivity contribution < 1.29 is 19.0 Å². The molecule has 0 saturated heterocycles. The summed E-state index contributed by atoms with van der Waals surface area (Å²) >= 11 is 0. The van der Waals surface area contributed by atoms with Crippen LogP contribution in [0.15, 0.2) is 24.3 Å². The average molecular weight is 224 g/mol. The van der Waals surface area contributed by atoms with E-state index in [2.05, 4.69) is 0 Å². The second-order valence-corrected chi connectivity index (χ2v) is 3.26. The molecular formula is C12H16O4. The van der Waals surface area contributed by atoms with Crippen molar-refractivity contribution in [3.05, 3.63) is 35.4 Å². The SMILES string of the molecule is COCCOC(=O)c1cccc(COC)c1. The number of carbonyl (C=O) groups excluding carboxylic acids is 1. The Kier molecular flexibility index (Phi) is 5.53. The number of hydrogen-bond acceptors (Lipinski definition) is 4. The van der Waals surface area contributed by atoms with Gasteiger partial charge in [0.25, 0.3) is 0 Å². The summed E-state index contributed by atoms with van der Waals surface area (Å²) in [6.45, 7) is 1.16. The molecule has 0 atom stereocenters. The maximum Gasteiger partial charge on any atom is 0.338 e. The molecule has 0 saturated carbocycles. The van der Waals surface area contributed by atoms with Crippen molar-refractivity contribution in [1.29, 1.82) is 0 Å². The zero-order valence-electron chi connectivity index (χ0n) is 9.56. The Hall–Kier alpha value is -1.39. The molecule has 16 heavy (non-hydrogen) atoms. The summed E-state index contributed by atoms with van der Waals surface area (Å²) in [5.41, 5.74) is 1.48. The van der Waals surface area contributed by atoms with Gasteiger partial charge >= 0.3 is 5.97 Å². The molecule has 4 nitrogen and oxygen atoms in total. The van der Waals surface area contributed by atoms with E-state index in [1.165, 1.54) is 0 Å². The van der Waals surface area contributed by atoms with Gasteiger partial charge in [-0.2, -0.15) is 0 Å². The molecule has 0 unspecified atom stereocenters. The molecule has 88 valence electrons. The Morgan fingerprint density at radius 2 is 2.00 bits per heavy atom. The summed E-state index contributed by atoms with van der Waals surface area (Å²) in [6, 6.07) is 7.18. The minimum atomic E-state index is -0.338. The van der Waals surface area contributed by atoms with Gasteiger partial charge in [-0.3, -0.25) is 0 Å². The third-order valence-corrected chi connectivity index (χ3v) is 1.99. The molecule has 4 heteroatoms. The zero-order chi connectivity index (χ0) is 11.8. The highest BCUT2D eigenvalue weighted by Gasteiger charge is 2.07. The number of carbonyl (C=O) groups is 1. The van der Waals surface area contributed by atoms with E-state index in [0.717, 1.165) is 5.56 Å². The van der Waals surface area contributed by atoms with Crippen LogP contribution in [-0.2, 0) is 20.8 Å². The Morgan fingerprint density at radius 3 is 2.69 bits per heavy atom. The lowest BCUT2D eigenvalue weighted by atomic mass is 10.1. The van der Waals surface area contributed by atoms with Crippen LogP contribution in [0.5, 0.6) is 0 Å². The van der Waals surface area contributed by atoms with Crippen LogP contribution in [0.2, 0.25) is 0 Å². The summed E-state index contributed by atoms with van der Waals surface area (Å²) in [7, 11) is 3.18. The predicted octanol–water partition coefficient (Wildman–Crippen LogP) is 1.64. The molecule has 0 spiro atoms. The van der Waals surface area contributed by atoms with E-state index in [1.54, 1.807) is 32.4 Å². The second kappa shape index (κ2) is 6.98. The van der Waals surface area contributed by atoms with Crippen molar-refractivity contribution in [3.8, 4) is 0 Å². The first-order valence-electron chi connectivity index (χ1n) is 5.02. The van der Waals surface area contributed by atoms with Crippen LogP contribution < -0.4 is 0 Å². The van der Waals surface area contributed by atoms with Crippen LogP contribution in [0, 0.1) is 0 Å². The summed E-state index contributed by atoms with van der Waals surface area (Å²) in [4.78, 5) is 11.6. The number of methoxy groups -OCH3 is 2. The molecule has 0 bridgehead atoms. The van der Waals surface area contributed by atoms with Gasteiger partial charge in [-0.25, -0.2) is 4.79 Å². The van der Waals surface area contributed by atoms with E-state index < -0.39 is 0 Å². The third kappa shape index (κ3) is 4.00. The maximum atomic E-state index is 11.6. The van der Waals surface area contributed by atoms with E-state index >= 15 is 0 Å². The monoisotopic (exact) mass is 224 g/mol. The Morgan fingerprint density at radius 1 is 1.19 bits per heavy atom. The summed E-state index contributed by atoms with van der Waals surface area (Å²) < 4.78 is 14.8. The van der Waals surface area contributed by atoms with E-state index in [-0.39, 0.29) is 12.6 Å². The smallest absolute Gasteiger partial charge is 0.338 e. The highest BCUT2D eigenvalue weighted by Crippen LogP contribution is 2.07. The fourth-order valence-corrected chi connectivity index (χ4v) is 1.26. The first-order valence-corrected chi connectivity index (χ1v) is 5.02. The first-order chi connectivity index (χ1) is 7.77. The largest absolute Gasteiger partial charge is 0.460 e. The molecule has 0 radical (unpaired) electrons. The van der Waals surface area contributed by atoms with E-state index in [4.69, 9.17) is 14.2 Å². The zero-order valence-corrected chi connectivity index (χ0v) is 9.56. The van der Waals surface area contributed by atoms with Gasteiger partial charge in [0, 0.05) is 14.2 Å². The first kappa shape index (κ1) is 12.7. The van der Waals surface area contributed by atoms with Crippen LogP contribution in [0.4, 0.5) is 0 Å². The molecule has 1 aromatic carbocycles. The van der Waals surface area contributed by atoms with Gasteiger partial charge in [0.2, 0.25) is 0 Å². The lowest BCUT2D eigenvalue weighted by Gasteiger charge is -2.05. The van der Waals surface area contributed by atoms with E-state index in [1.807, 2.05) is 6.07 Å². The Balaban J connectivity index is 2.57. The Bertz CT molecular complexity index is 336. The predicted molar refractivity (Wildman–Crippen MR) is 59.3 cm³/mol. The van der Waals surface area contributed by atoms with Crippen LogP contribution >= 0.6 is 0 Å². The molecule has 0 amide bonds. The van der Waals surface area contributed by atoms with Crippen LogP contribution in [0.1, 0.15) is 15.9 Å². The number of benzene rings is 1. The molecule has 1 rings (SSSR count). The van der Waals surface area contributed by atoms with Crippen molar-refractivity contribution in [2.45, 2.75) is 6.61 Å². The molecule has 0 aliphatic heterocycles. The third-order valence-electron chi connectivity index (χ3n) is 1.99. The number of esters is 1. The van der Waals surface area contributed by atoms with Gasteiger partial charge < -0.3 is 14.2 Å². The molecule has 0 aromatic heterocycles. The highest BCUT2D eigenvalue weighted by molar-refractivity contribution is 5.89. The fourth-order valence-electron chi connectivity index (χ4n) is 1.26. The van der Waals surface area contributed by atoms with Gasteiger partial charge in [-0.15, -0.1) is 0 Å². The maximum absolute atomic E-state index is 11.6. The van der Waals surface area contributed by atoms with Crippen molar-refractivity contribution in [2.24, 2.45) is 0 Å². The number of ether oxygens (including phenoxy) is 3. The summed E-state index contributed by atoms with van der Waals surface area (Å²) in [5, 5.41) is 0. The van der Waals surface area contributed by atoms with Crippen molar-refractivity contribution in [1.82, 2.24) is 0 Å². The normalized spacial score (nSPS) is 10.1. The number of hydrogen-bond donors (Lipinski definition) is 0. The molecule has 1 aromatic rings. The average Bonchev–Trinajstić information content (AvgIpc) is 2.30. The van der Waals surface area contributed by atoms with Crippen molar-refractivity contribution >= 4 is 5.97 Å². The second-order valence-electron chi connectivity index (χ2n) is 3.26. The minimum absolute atomic E-state index is 0.268. The molecular weight excluding hydrogens is 208 g/mol. The fraction of sp³-hybridized carbons (Fsp3) is 0.417. The minimum Gasteiger partial charge on any atom is -0.460 e. The van der Waals surface area contributed by atoms with E-state index in [0.29, 0.717) is 18.8 Å². The molecule has 0 N–H and O–H groups in total. The van der Waals surface area contributed by atoms with Gasteiger partial charge in [0.1, 0.15) is 6.61 Å². The van der Waals surface area contributed by atoms with Crippen LogP contribution in [-0.4, -0.2) is 33.4 Å². The van der Waals surface area contributed by atoms with Crippen molar-refractivity contribution in [3.63, 3.8) is 0 Å². The van der Waals surface area contributed by atoms with Gasteiger partial charge in [0.15, 0.2) is 0 Å². The lowest BCUT2D eigenvalue weighted by molar-refractivity contribution is 0.0388. The van der Waals surface area contributed by atoms with Crippen LogP contribution in [0.3, 0.4) is 0 Å². The molecule has 0 heterocycles. The summed E-state index contributed by atoms with van der Waals surface area (Å²) in [5.74, 6) is -0.338. The highest BCUT2D eigenvalue weighted by atomic mass is 16.6. The van der Waals surface area contributed by atoms with Crippen LogP contribution in [0.25, 0.3) is 0 Å². The topological polar surface area (TPSA) is 44.8 Å². The number of rotatable bonds is 6. The lowest BCUT2D eigenvalue weighted by Crippen LogP contribution is -2.10. The van der Waals surface area contributed by atoms with Crippen molar-refractivity contribution in [2.75, 3.05) is 27.4 Å². The summed E-state index contributed by atoms with van der Waals surface area (Å²) in [6.07, 6.45) is 0. The molecule has 0 aliphatic rings. The quantitative estimate of drug-likeness (QED) is 0.544. The van der Waals surface area contributed by atoms with E-state index in [9.17, 15) is 4.79 Å². The van der Waals surface area contributed by atoms with Gasteiger partial charge in [-0.1, -0.05) is 12.1 Å². The molecule has 0 aliphatic carbocycles. The van der Waals surface area contributed by atoms with Gasteiger partial charge in [-0.05, 0) is 17.7 Å². The standard InChI is InChI=1S/C12H16O4/c1-14-6-7-16-12(13)11-5-3-4-10(8-11)9-15-2/h3-5,8H,6-7,9H2,1-2H3. The Labute approximate surface area is 95.1 Å².